The van der Waals surface area contributed by atoms with Crippen LogP contribution in [0.3, 0.4) is 0 Å². The fraction of sp³-hybridized carbons (Fsp3) is 0.333. The lowest BCUT2D eigenvalue weighted by Crippen LogP contribution is -2.33. The summed E-state index contributed by atoms with van der Waals surface area (Å²) in [7, 11) is 0. The maximum Gasteiger partial charge on any atom is 0.387 e. The largest absolute Gasteiger partial charge is 0.455 e. The molecule has 0 saturated heterocycles. The van der Waals surface area contributed by atoms with E-state index < -0.39 is 12.0 Å². The molecule has 0 aliphatic heterocycles. The molecular weight excluding hydrogens is 368 g/mol. The van der Waals surface area contributed by atoms with Crippen molar-refractivity contribution >= 4 is 11.9 Å². The first-order valence-corrected chi connectivity index (χ1v) is 9.03. The van der Waals surface area contributed by atoms with E-state index in [4.69, 9.17) is 4.74 Å². The van der Waals surface area contributed by atoms with Crippen LogP contribution in [-0.4, -0.2) is 31.6 Å². The second-order valence-electron chi connectivity index (χ2n) is 6.65. The number of hydrogen-bond acceptors (Lipinski definition) is 4. The van der Waals surface area contributed by atoms with Crippen molar-refractivity contribution in [2.75, 3.05) is 13.2 Å². The van der Waals surface area contributed by atoms with Crippen LogP contribution in [0.1, 0.15) is 24.0 Å². The van der Waals surface area contributed by atoms with Gasteiger partial charge in [0.05, 0.1) is 5.41 Å². The number of hydrogen-bond donors (Lipinski definition) is 1. The summed E-state index contributed by atoms with van der Waals surface area (Å²) in [6.07, 6.45) is 1.97. The Balaban J connectivity index is 1.39. The molecule has 1 N–H and O–H groups in total. The van der Waals surface area contributed by atoms with Gasteiger partial charge in [0.1, 0.15) is 5.75 Å². The van der Waals surface area contributed by atoms with Crippen LogP contribution < -0.4 is 10.1 Å². The predicted octanol–water partition coefficient (Wildman–Crippen LogP) is 3.22. The SMILES string of the molecule is O=C(COC(=O)C1(c2ccccc2)CC1)NCCc1ccc(OC(F)F)cc1. The summed E-state index contributed by atoms with van der Waals surface area (Å²) in [6, 6.07) is 15.6. The minimum Gasteiger partial charge on any atom is -0.455 e. The molecule has 0 heterocycles. The molecule has 1 fully saturated rings. The molecule has 0 aromatic heterocycles. The van der Waals surface area contributed by atoms with E-state index in [0.29, 0.717) is 13.0 Å². The highest BCUT2D eigenvalue weighted by molar-refractivity contribution is 5.88. The molecule has 1 aliphatic rings. The van der Waals surface area contributed by atoms with E-state index in [-0.39, 0.29) is 24.2 Å². The average Bonchev–Trinajstić information content (AvgIpc) is 3.50. The van der Waals surface area contributed by atoms with Crippen molar-refractivity contribution in [3.05, 3.63) is 65.7 Å². The zero-order valence-corrected chi connectivity index (χ0v) is 15.2. The number of carbonyl (C=O) groups is 2. The van der Waals surface area contributed by atoms with Gasteiger partial charge in [0, 0.05) is 6.54 Å². The fourth-order valence-electron chi connectivity index (χ4n) is 3.00. The van der Waals surface area contributed by atoms with Crippen molar-refractivity contribution in [3.63, 3.8) is 0 Å². The molecule has 3 rings (SSSR count). The molecule has 0 spiro atoms. The van der Waals surface area contributed by atoms with Gasteiger partial charge in [0.2, 0.25) is 0 Å². The zero-order chi connectivity index (χ0) is 20.0. The normalized spacial score (nSPS) is 14.4. The zero-order valence-electron chi connectivity index (χ0n) is 15.2. The van der Waals surface area contributed by atoms with E-state index in [1.54, 1.807) is 12.1 Å². The molecule has 2 aromatic rings. The number of rotatable bonds is 9. The monoisotopic (exact) mass is 389 g/mol. The molecule has 2 aromatic carbocycles. The smallest absolute Gasteiger partial charge is 0.387 e. The van der Waals surface area contributed by atoms with E-state index in [9.17, 15) is 18.4 Å². The van der Waals surface area contributed by atoms with E-state index in [0.717, 1.165) is 24.0 Å². The van der Waals surface area contributed by atoms with Crippen LogP contribution >= 0.6 is 0 Å². The molecular formula is C21H21F2NO4. The molecule has 1 saturated carbocycles. The molecule has 0 bridgehead atoms. The first kappa shape index (κ1) is 19.8. The van der Waals surface area contributed by atoms with Gasteiger partial charge >= 0.3 is 12.6 Å². The first-order chi connectivity index (χ1) is 13.5. The van der Waals surface area contributed by atoms with Gasteiger partial charge in [-0.25, -0.2) is 0 Å². The maximum atomic E-state index is 12.4. The van der Waals surface area contributed by atoms with E-state index in [1.807, 2.05) is 30.3 Å². The molecule has 1 amide bonds. The van der Waals surface area contributed by atoms with Crippen molar-refractivity contribution < 1.29 is 27.8 Å². The third-order valence-corrected chi connectivity index (χ3v) is 4.69. The Labute approximate surface area is 161 Å². The molecule has 5 nitrogen and oxygen atoms in total. The van der Waals surface area contributed by atoms with Gasteiger partial charge in [-0.05, 0) is 42.5 Å². The third-order valence-electron chi connectivity index (χ3n) is 4.69. The summed E-state index contributed by atoms with van der Waals surface area (Å²) in [5.41, 5.74) is 1.17. The second-order valence-corrected chi connectivity index (χ2v) is 6.65. The molecule has 0 radical (unpaired) electrons. The van der Waals surface area contributed by atoms with Crippen LogP contribution in [0.5, 0.6) is 5.75 Å². The van der Waals surface area contributed by atoms with Crippen LogP contribution in [0.15, 0.2) is 54.6 Å². The van der Waals surface area contributed by atoms with Crippen LogP contribution in [0.25, 0.3) is 0 Å². The highest BCUT2D eigenvalue weighted by Crippen LogP contribution is 2.49. The van der Waals surface area contributed by atoms with Gasteiger partial charge in [0.25, 0.3) is 5.91 Å². The minimum absolute atomic E-state index is 0.0853. The lowest BCUT2D eigenvalue weighted by molar-refractivity contribution is -0.151. The van der Waals surface area contributed by atoms with Gasteiger partial charge < -0.3 is 14.8 Å². The Morgan fingerprint density at radius 2 is 1.71 bits per heavy atom. The Morgan fingerprint density at radius 3 is 2.32 bits per heavy atom. The minimum atomic E-state index is -2.86. The van der Waals surface area contributed by atoms with Crippen LogP contribution in [0, 0.1) is 0 Å². The number of amides is 1. The van der Waals surface area contributed by atoms with E-state index in [2.05, 4.69) is 10.1 Å². The average molecular weight is 389 g/mol. The summed E-state index contributed by atoms with van der Waals surface area (Å²) in [5.74, 6) is -0.666. The summed E-state index contributed by atoms with van der Waals surface area (Å²) < 4.78 is 33.7. The van der Waals surface area contributed by atoms with Crippen molar-refractivity contribution in [1.82, 2.24) is 5.32 Å². The van der Waals surface area contributed by atoms with Crippen LogP contribution in [-0.2, 0) is 26.2 Å². The lowest BCUT2D eigenvalue weighted by atomic mass is 9.96. The highest BCUT2D eigenvalue weighted by atomic mass is 19.3. The maximum absolute atomic E-state index is 12.4. The number of alkyl halides is 2. The number of carbonyl (C=O) groups excluding carboxylic acids is 2. The van der Waals surface area contributed by atoms with Gasteiger partial charge in [-0.15, -0.1) is 0 Å². The Morgan fingerprint density at radius 1 is 1.04 bits per heavy atom. The van der Waals surface area contributed by atoms with Crippen molar-refractivity contribution in [3.8, 4) is 5.75 Å². The summed E-state index contributed by atoms with van der Waals surface area (Å²) in [6.45, 7) is -2.84. The van der Waals surface area contributed by atoms with Crippen LogP contribution in [0.4, 0.5) is 8.78 Å². The molecule has 28 heavy (non-hydrogen) atoms. The molecule has 1 aliphatic carbocycles. The van der Waals surface area contributed by atoms with E-state index in [1.165, 1.54) is 12.1 Å². The molecule has 148 valence electrons. The Hall–Kier alpha value is -2.96. The Kier molecular flexibility index (Phi) is 6.23. The fourth-order valence-corrected chi connectivity index (χ4v) is 3.00. The summed E-state index contributed by atoms with van der Waals surface area (Å²) >= 11 is 0. The van der Waals surface area contributed by atoms with Gasteiger partial charge in [-0.2, -0.15) is 8.78 Å². The third kappa shape index (κ3) is 5.06. The second kappa shape index (κ2) is 8.82. The van der Waals surface area contributed by atoms with Crippen molar-refractivity contribution in [2.45, 2.75) is 31.3 Å². The highest BCUT2D eigenvalue weighted by Gasteiger charge is 2.52. The van der Waals surface area contributed by atoms with Gasteiger partial charge in [0.15, 0.2) is 6.61 Å². The van der Waals surface area contributed by atoms with Gasteiger partial charge in [-0.3, -0.25) is 9.59 Å². The molecule has 0 atom stereocenters. The standard InChI is InChI=1S/C21H21F2NO4/c22-20(23)28-17-8-6-15(7-9-17)10-13-24-18(25)14-27-19(26)21(11-12-21)16-4-2-1-3-5-16/h1-9,20H,10-14H2,(H,24,25). The van der Waals surface area contributed by atoms with E-state index >= 15 is 0 Å². The molecule has 7 heteroatoms. The first-order valence-electron chi connectivity index (χ1n) is 9.03. The Bertz CT molecular complexity index is 805. The van der Waals surface area contributed by atoms with Gasteiger partial charge in [-0.1, -0.05) is 42.5 Å². The number of benzene rings is 2. The quantitative estimate of drug-likeness (QED) is 0.669. The predicted molar refractivity (Wildman–Crippen MR) is 98.1 cm³/mol. The number of ether oxygens (including phenoxy) is 2. The van der Waals surface area contributed by atoms with Crippen molar-refractivity contribution in [2.24, 2.45) is 0 Å². The molecule has 0 unspecified atom stereocenters. The number of nitrogens with one attached hydrogen (secondary N) is 1. The topological polar surface area (TPSA) is 64.6 Å². The lowest BCUT2D eigenvalue weighted by Gasteiger charge is -2.14. The number of esters is 1. The number of halogens is 2. The van der Waals surface area contributed by atoms with Crippen molar-refractivity contribution in [1.29, 1.82) is 0 Å². The summed E-state index contributed by atoms with van der Waals surface area (Å²) in [5, 5.41) is 2.68. The summed E-state index contributed by atoms with van der Waals surface area (Å²) in [4.78, 5) is 24.3. The van der Waals surface area contributed by atoms with Crippen LogP contribution in [0.2, 0.25) is 0 Å².